The fourth-order valence-corrected chi connectivity index (χ4v) is 3.89. The van der Waals surface area contributed by atoms with Crippen LogP contribution in [-0.2, 0) is 27.2 Å². The zero-order chi connectivity index (χ0) is 23.9. The van der Waals surface area contributed by atoms with E-state index in [9.17, 15) is 0 Å². The topological polar surface area (TPSA) is 16.8 Å². The first kappa shape index (κ1) is 26.2. The summed E-state index contributed by atoms with van der Waals surface area (Å²) in [5.74, 6) is 0. The summed E-state index contributed by atoms with van der Waals surface area (Å²) in [6.45, 7) is 6.38. The second-order valence-corrected chi connectivity index (χ2v) is 8.59. The summed E-state index contributed by atoms with van der Waals surface area (Å²) in [5.41, 5.74) is 10.9. The van der Waals surface area contributed by atoms with E-state index in [1.165, 1.54) is 39.1 Å². The third kappa shape index (κ3) is 6.82. The third-order valence-electron chi connectivity index (χ3n) is 5.83. The van der Waals surface area contributed by atoms with E-state index >= 15 is 0 Å². The molecular formula is C32H30IrN2. The minimum absolute atomic E-state index is 0. The molecule has 0 bridgehead atoms. The van der Waals surface area contributed by atoms with Crippen LogP contribution in [0, 0.1) is 26.8 Å². The van der Waals surface area contributed by atoms with Gasteiger partial charge < -0.3 is 4.98 Å². The van der Waals surface area contributed by atoms with Crippen LogP contribution in [0.2, 0.25) is 0 Å². The molecule has 0 N–H and O–H groups in total. The van der Waals surface area contributed by atoms with Crippen molar-refractivity contribution in [2.45, 2.75) is 20.8 Å². The Labute approximate surface area is 222 Å². The number of hydrogen-bond acceptors (Lipinski definition) is 1. The van der Waals surface area contributed by atoms with Gasteiger partial charge in [-0.15, -0.1) is 35.9 Å². The van der Waals surface area contributed by atoms with Crippen LogP contribution < -0.4 is 4.57 Å². The summed E-state index contributed by atoms with van der Waals surface area (Å²) < 4.78 is 2.18. The molecule has 0 atom stereocenters. The van der Waals surface area contributed by atoms with Crippen LogP contribution in [0.25, 0.3) is 33.6 Å². The molecular weight excluding hydrogens is 605 g/mol. The quantitative estimate of drug-likeness (QED) is 0.150. The SMILES string of the molecule is Cc1cc[n+](C)c(-c2cc(-c3ccccc3)ccc2C)c1.Cc1ccnc(-c2[c-]cccc2)c1.[Ir]. The molecule has 5 aromatic rings. The molecule has 2 nitrogen and oxygen atoms in total. The van der Waals surface area contributed by atoms with E-state index in [0.717, 1.165) is 11.3 Å². The van der Waals surface area contributed by atoms with Crippen LogP contribution in [0.4, 0.5) is 0 Å². The zero-order valence-electron chi connectivity index (χ0n) is 20.6. The maximum absolute atomic E-state index is 4.28. The number of pyridine rings is 2. The normalized spacial score (nSPS) is 10.1. The second-order valence-electron chi connectivity index (χ2n) is 8.59. The predicted octanol–water partition coefficient (Wildman–Crippen LogP) is 7.32. The van der Waals surface area contributed by atoms with Crippen molar-refractivity contribution in [3.63, 3.8) is 0 Å². The molecule has 0 aliphatic rings. The standard InChI is InChI=1S/C20H20N.C12H10N.Ir/c1-15-11-12-21(3)20(13-15)19-14-18(10-9-16(19)2)17-7-5-4-6-8-17;1-10-7-8-13-12(9-10)11-5-3-2-4-6-11;/h4-14H,1-3H3;2-5,7-9H,1H3;/q+1;-1;. The van der Waals surface area contributed by atoms with Crippen LogP contribution in [0.1, 0.15) is 16.7 Å². The van der Waals surface area contributed by atoms with Crippen LogP contribution in [0.3, 0.4) is 0 Å². The van der Waals surface area contributed by atoms with Crippen molar-refractivity contribution in [1.29, 1.82) is 0 Å². The number of hydrogen-bond donors (Lipinski definition) is 0. The van der Waals surface area contributed by atoms with E-state index < -0.39 is 0 Å². The first-order valence-corrected chi connectivity index (χ1v) is 11.5. The molecule has 0 saturated carbocycles. The Morgan fingerprint density at radius 3 is 2.17 bits per heavy atom. The van der Waals surface area contributed by atoms with E-state index in [0.29, 0.717) is 0 Å². The van der Waals surface area contributed by atoms with Gasteiger partial charge in [0, 0.05) is 44.0 Å². The van der Waals surface area contributed by atoms with Gasteiger partial charge in [-0.3, -0.25) is 0 Å². The summed E-state index contributed by atoms with van der Waals surface area (Å²) in [4.78, 5) is 4.28. The molecule has 35 heavy (non-hydrogen) atoms. The Hall–Kier alpha value is -3.39. The van der Waals surface area contributed by atoms with Gasteiger partial charge in [-0.2, -0.15) is 0 Å². The maximum Gasteiger partial charge on any atom is 0.212 e. The minimum atomic E-state index is 0. The third-order valence-corrected chi connectivity index (χ3v) is 5.83. The molecule has 0 unspecified atom stereocenters. The molecule has 3 heteroatoms. The van der Waals surface area contributed by atoms with Crippen LogP contribution in [0.15, 0.2) is 109 Å². The summed E-state index contributed by atoms with van der Waals surface area (Å²) >= 11 is 0. The minimum Gasteiger partial charge on any atom is -0.305 e. The van der Waals surface area contributed by atoms with Gasteiger partial charge in [-0.25, -0.2) is 4.57 Å². The molecule has 0 saturated heterocycles. The molecule has 2 aromatic heterocycles. The summed E-state index contributed by atoms with van der Waals surface area (Å²) in [5, 5.41) is 0. The molecule has 1 radical (unpaired) electrons. The van der Waals surface area contributed by atoms with Gasteiger partial charge in [0.1, 0.15) is 7.05 Å². The Kier molecular flexibility index (Phi) is 9.25. The molecule has 2 heterocycles. The molecule has 3 aromatic carbocycles. The summed E-state index contributed by atoms with van der Waals surface area (Å²) in [6, 6.07) is 36.7. The molecule has 177 valence electrons. The van der Waals surface area contributed by atoms with Gasteiger partial charge in [-0.05, 0) is 60.9 Å². The average molecular weight is 635 g/mol. The van der Waals surface area contributed by atoms with E-state index in [2.05, 4.69) is 116 Å². The maximum atomic E-state index is 4.28. The van der Waals surface area contributed by atoms with Gasteiger partial charge in [0.25, 0.3) is 0 Å². The first-order chi connectivity index (χ1) is 16.5. The molecule has 0 fully saturated rings. The van der Waals surface area contributed by atoms with Gasteiger partial charge >= 0.3 is 0 Å². The van der Waals surface area contributed by atoms with Crippen molar-refractivity contribution >= 4 is 0 Å². The number of benzene rings is 3. The van der Waals surface area contributed by atoms with Gasteiger partial charge in [-0.1, -0.05) is 54.1 Å². The zero-order valence-corrected chi connectivity index (χ0v) is 23.0. The van der Waals surface area contributed by atoms with Crippen LogP contribution >= 0.6 is 0 Å². The summed E-state index contributed by atoms with van der Waals surface area (Å²) in [6.07, 6.45) is 3.95. The van der Waals surface area contributed by atoms with Crippen molar-refractivity contribution in [2.24, 2.45) is 7.05 Å². The predicted molar refractivity (Wildman–Crippen MR) is 141 cm³/mol. The summed E-state index contributed by atoms with van der Waals surface area (Å²) in [7, 11) is 2.10. The number of nitrogens with zero attached hydrogens (tertiary/aromatic N) is 2. The molecule has 0 aliphatic carbocycles. The molecule has 5 rings (SSSR count). The van der Waals surface area contributed by atoms with Crippen LogP contribution in [0.5, 0.6) is 0 Å². The van der Waals surface area contributed by atoms with Gasteiger partial charge in [0.2, 0.25) is 5.69 Å². The van der Waals surface area contributed by atoms with E-state index in [1.54, 1.807) is 0 Å². The smallest absolute Gasteiger partial charge is 0.212 e. The largest absolute Gasteiger partial charge is 0.305 e. The van der Waals surface area contributed by atoms with E-state index in [1.807, 2.05) is 36.5 Å². The Morgan fingerprint density at radius 2 is 1.46 bits per heavy atom. The van der Waals surface area contributed by atoms with Crippen molar-refractivity contribution in [3.8, 4) is 33.6 Å². The first-order valence-electron chi connectivity index (χ1n) is 11.5. The number of aryl methyl sites for hydroxylation is 4. The Bertz CT molecular complexity index is 1380. The average Bonchev–Trinajstić information content (AvgIpc) is 2.87. The van der Waals surface area contributed by atoms with Gasteiger partial charge in [0.15, 0.2) is 6.20 Å². The molecule has 0 amide bonds. The van der Waals surface area contributed by atoms with Crippen molar-refractivity contribution in [1.82, 2.24) is 4.98 Å². The Balaban J connectivity index is 0.000000211. The fourth-order valence-electron chi connectivity index (χ4n) is 3.89. The molecule has 0 aliphatic heterocycles. The van der Waals surface area contributed by atoms with E-state index in [4.69, 9.17) is 0 Å². The second kappa shape index (κ2) is 12.4. The monoisotopic (exact) mass is 635 g/mol. The molecule has 0 spiro atoms. The number of rotatable bonds is 3. The van der Waals surface area contributed by atoms with Crippen LogP contribution in [-0.4, -0.2) is 4.98 Å². The Morgan fingerprint density at radius 1 is 0.714 bits per heavy atom. The fraction of sp³-hybridized carbons (Fsp3) is 0.125. The van der Waals surface area contributed by atoms with E-state index in [-0.39, 0.29) is 20.1 Å². The van der Waals surface area contributed by atoms with Crippen molar-refractivity contribution in [2.75, 3.05) is 0 Å². The van der Waals surface area contributed by atoms with Crippen molar-refractivity contribution < 1.29 is 24.7 Å². The number of aromatic nitrogens is 2. The van der Waals surface area contributed by atoms with Gasteiger partial charge in [0.05, 0.1) is 0 Å². The van der Waals surface area contributed by atoms with Crippen molar-refractivity contribution in [3.05, 3.63) is 132 Å².